The molecule has 1 heterocycles. The smallest absolute Gasteiger partial charge is 0.158 e. The molecule has 5 heteroatoms. The average Bonchev–Trinajstić information content (AvgIpc) is 2.45. The Morgan fingerprint density at radius 1 is 1.26 bits per heavy atom. The van der Waals surface area contributed by atoms with Crippen LogP contribution in [0.2, 0.25) is 0 Å². The fraction of sp³-hybridized carbons (Fsp3) is 1.00. The van der Waals surface area contributed by atoms with Crippen molar-refractivity contribution in [2.75, 3.05) is 40.5 Å². The number of methoxy groups -OCH3 is 2. The van der Waals surface area contributed by atoms with Crippen molar-refractivity contribution in [1.29, 1.82) is 0 Å². The third-order valence-electron chi connectivity index (χ3n) is 4.18. The number of hydrogen-bond donors (Lipinski definition) is 1. The molecular weight excluding hydrogens is 244 g/mol. The van der Waals surface area contributed by atoms with Gasteiger partial charge in [0.25, 0.3) is 0 Å². The van der Waals surface area contributed by atoms with E-state index in [1.54, 1.807) is 14.2 Å². The zero-order chi connectivity index (χ0) is 14.3. The van der Waals surface area contributed by atoms with Crippen molar-refractivity contribution < 1.29 is 14.2 Å². The van der Waals surface area contributed by atoms with E-state index < -0.39 is 0 Å². The third-order valence-corrected chi connectivity index (χ3v) is 4.18. The maximum absolute atomic E-state index is 6.00. The molecule has 0 aromatic rings. The van der Waals surface area contributed by atoms with E-state index in [0.29, 0.717) is 12.6 Å². The molecule has 0 aromatic carbocycles. The Morgan fingerprint density at radius 3 is 2.26 bits per heavy atom. The van der Waals surface area contributed by atoms with E-state index in [0.717, 1.165) is 39.0 Å². The highest BCUT2D eigenvalue weighted by Crippen LogP contribution is 2.26. The summed E-state index contributed by atoms with van der Waals surface area (Å²) < 4.78 is 16.3. The first-order valence-electron chi connectivity index (χ1n) is 7.22. The molecule has 1 unspecified atom stereocenters. The number of likely N-dealkylation sites (tertiary alicyclic amines) is 1. The van der Waals surface area contributed by atoms with Gasteiger partial charge < -0.3 is 19.9 Å². The lowest BCUT2D eigenvalue weighted by Gasteiger charge is -2.45. The molecule has 0 saturated carbocycles. The summed E-state index contributed by atoms with van der Waals surface area (Å²) in [6.07, 6.45) is 3.15. The quantitative estimate of drug-likeness (QED) is 0.674. The molecule has 0 aliphatic carbocycles. The summed E-state index contributed by atoms with van der Waals surface area (Å²) in [7, 11) is 3.35. The fourth-order valence-electron chi connectivity index (χ4n) is 2.76. The molecule has 0 amide bonds. The van der Waals surface area contributed by atoms with Gasteiger partial charge in [-0.15, -0.1) is 0 Å². The Labute approximate surface area is 117 Å². The molecule has 2 N–H and O–H groups in total. The highest BCUT2D eigenvalue weighted by Gasteiger charge is 2.35. The van der Waals surface area contributed by atoms with Gasteiger partial charge in [0.1, 0.15) is 0 Å². The van der Waals surface area contributed by atoms with Crippen LogP contribution in [-0.4, -0.2) is 63.3 Å². The van der Waals surface area contributed by atoms with Crippen LogP contribution in [0.15, 0.2) is 0 Å². The van der Waals surface area contributed by atoms with Crippen LogP contribution in [0.4, 0.5) is 0 Å². The molecule has 1 aliphatic heterocycles. The van der Waals surface area contributed by atoms with E-state index >= 15 is 0 Å². The highest BCUT2D eigenvalue weighted by atomic mass is 16.7. The van der Waals surface area contributed by atoms with Gasteiger partial charge in [0.2, 0.25) is 0 Å². The topological polar surface area (TPSA) is 57.0 Å². The van der Waals surface area contributed by atoms with Crippen molar-refractivity contribution in [2.45, 2.75) is 51.0 Å². The van der Waals surface area contributed by atoms with Crippen LogP contribution in [0, 0.1) is 0 Å². The van der Waals surface area contributed by atoms with Gasteiger partial charge in [-0.05, 0) is 26.7 Å². The van der Waals surface area contributed by atoms with E-state index in [-0.39, 0.29) is 11.8 Å². The van der Waals surface area contributed by atoms with E-state index in [4.69, 9.17) is 19.9 Å². The van der Waals surface area contributed by atoms with Gasteiger partial charge >= 0.3 is 0 Å². The first-order valence-corrected chi connectivity index (χ1v) is 7.22. The van der Waals surface area contributed by atoms with Crippen molar-refractivity contribution >= 4 is 0 Å². The second kappa shape index (κ2) is 8.17. The lowest BCUT2D eigenvalue weighted by molar-refractivity contribution is -0.132. The number of hydrogen-bond acceptors (Lipinski definition) is 5. The number of ether oxygens (including phenoxy) is 3. The number of nitrogens with zero attached hydrogens (tertiary/aromatic N) is 1. The predicted octanol–water partition coefficient (Wildman–Crippen LogP) is 1.21. The lowest BCUT2D eigenvalue weighted by atomic mass is 9.91. The Kier molecular flexibility index (Phi) is 7.25. The zero-order valence-electron chi connectivity index (χ0n) is 12.9. The molecular formula is C14H30N2O3. The van der Waals surface area contributed by atoms with Crippen molar-refractivity contribution in [3.05, 3.63) is 0 Å². The van der Waals surface area contributed by atoms with Gasteiger partial charge in [-0.25, -0.2) is 0 Å². The standard InChI is InChI=1S/C14H30N2O3/c1-5-19-12-6-8-16(9-7-12)14(2,11-15)10-13(17-3)18-4/h12-13H,5-11,15H2,1-4H3. The minimum absolute atomic E-state index is 0.0755. The summed E-state index contributed by atoms with van der Waals surface area (Å²) in [5.74, 6) is 0. The largest absolute Gasteiger partial charge is 0.378 e. The summed E-state index contributed by atoms with van der Waals surface area (Å²) in [5, 5.41) is 0. The summed E-state index contributed by atoms with van der Waals surface area (Å²) in [6.45, 7) is 7.71. The third kappa shape index (κ3) is 4.68. The van der Waals surface area contributed by atoms with Crippen LogP contribution < -0.4 is 5.73 Å². The molecule has 1 atom stereocenters. The van der Waals surface area contributed by atoms with Crippen LogP contribution in [0.1, 0.15) is 33.1 Å². The number of rotatable bonds is 8. The Balaban J connectivity index is 2.55. The van der Waals surface area contributed by atoms with Crippen molar-refractivity contribution in [3.8, 4) is 0 Å². The van der Waals surface area contributed by atoms with Crippen LogP contribution in [-0.2, 0) is 14.2 Å². The molecule has 0 bridgehead atoms. The van der Waals surface area contributed by atoms with Gasteiger partial charge in [0, 0.05) is 52.4 Å². The van der Waals surface area contributed by atoms with Gasteiger partial charge in [-0.1, -0.05) is 0 Å². The molecule has 5 nitrogen and oxygen atoms in total. The van der Waals surface area contributed by atoms with Crippen molar-refractivity contribution in [1.82, 2.24) is 4.90 Å². The maximum Gasteiger partial charge on any atom is 0.158 e. The van der Waals surface area contributed by atoms with Crippen LogP contribution in [0.5, 0.6) is 0 Å². The summed E-state index contributed by atoms with van der Waals surface area (Å²) in [4.78, 5) is 2.45. The van der Waals surface area contributed by atoms with Gasteiger partial charge in [-0.3, -0.25) is 4.90 Å². The molecule has 0 aromatic heterocycles. The second-order valence-corrected chi connectivity index (χ2v) is 5.45. The zero-order valence-corrected chi connectivity index (χ0v) is 12.9. The molecule has 0 radical (unpaired) electrons. The Morgan fingerprint density at radius 2 is 1.84 bits per heavy atom. The van der Waals surface area contributed by atoms with E-state index in [1.807, 2.05) is 0 Å². The molecule has 1 saturated heterocycles. The maximum atomic E-state index is 6.00. The summed E-state index contributed by atoms with van der Waals surface area (Å²) in [6, 6.07) is 0. The first-order chi connectivity index (χ1) is 9.09. The predicted molar refractivity (Wildman–Crippen MR) is 76.1 cm³/mol. The highest BCUT2D eigenvalue weighted by molar-refractivity contribution is 4.91. The van der Waals surface area contributed by atoms with E-state index in [9.17, 15) is 0 Å². The molecule has 0 spiro atoms. The monoisotopic (exact) mass is 274 g/mol. The number of nitrogens with two attached hydrogens (primary N) is 1. The Bertz CT molecular complexity index is 241. The van der Waals surface area contributed by atoms with E-state index in [1.165, 1.54) is 0 Å². The van der Waals surface area contributed by atoms with Crippen LogP contribution in [0.3, 0.4) is 0 Å². The Hall–Kier alpha value is -0.200. The van der Waals surface area contributed by atoms with Crippen molar-refractivity contribution in [3.63, 3.8) is 0 Å². The molecule has 1 rings (SSSR count). The average molecular weight is 274 g/mol. The van der Waals surface area contributed by atoms with Gasteiger partial charge in [0.15, 0.2) is 6.29 Å². The van der Waals surface area contributed by atoms with Crippen LogP contribution >= 0.6 is 0 Å². The molecule has 114 valence electrons. The molecule has 1 fully saturated rings. The first kappa shape index (κ1) is 16.9. The second-order valence-electron chi connectivity index (χ2n) is 5.45. The molecule has 19 heavy (non-hydrogen) atoms. The van der Waals surface area contributed by atoms with Gasteiger partial charge in [-0.2, -0.15) is 0 Å². The lowest BCUT2D eigenvalue weighted by Crippen LogP contribution is -2.56. The fourth-order valence-corrected chi connectivity index (χ4v) is 2.76. The summed E-state index contributed by atoms with van der Waals surface area (Å²) in [5.41, 5.74) is 5.93. The SMILES string of the molecule is CCOC1CCN(C(C)(CN)CC(OC)OC)CC1. The summed E-state index contributed by atoms with van der Waals surface area (Å²) >= 11 is 0. The minimum atomic E-state index is -0.196. The van der Waals surface area contributed by atoms with Crippen LogP contribution in [0.25, 0.3) is 0 Å². The van der Waals surface area contributed by atoms with Gasteiger partial charge in [0.05, 0.1) is 6.10 Å². The normalized spacial score (nSPS) is 21.8. The van der Waals surface area contributed by atoms with E-state index in [2.05, 4.69) is 18.7 Å². The number of piperidine rings is 1. The molecule has 1 aliphatic rings. The van der Waals surface area contributed by atoms with Crippen molar-refractivity contribution in [2.24, 2.45) is 5.73 Å². The minimum Gasteiger partial charge on any atom is -0.378 e.